The van der Waals surface area contributed by atoms with Gasteiger partial charge in [-0.3, -0.25) is 9.59 Å². The lowest BCUT2D eigenvalue weighted by atomic mass is 10.0. The first-order valence-electron chi connectivity index (χ1n) is 14.5. The highest BCUT2D eigenvalue weighted by molar-refractivity contribution is 6.15. The van der Waals surface area contributed by atoms with Crippen LogP contribution in [0.5, 0.6) is 0 Å². The number of benzene rings is 3. The van der Waals surface area contributed by atoms with Gasteiger partial charge < -0.3 is 25.1 Å². The second-order valence-corrected chi connectivity index (χ2v) is 10.7. The Hall–Kier alpha value is -5.05. The maximum absolute atomic E-state index is 13.4. The predicted molar refractivity (Wildman–Crippen MR) is 162 cm³/mol. The van der Waals surface area contributed by atoms with Crippen LogP contribution in [0.2, 0.25) is 0 Å². The van der Waals surface area contributed by atoms with Crippen LogP contribution in [0.1, 0.15) is 75.7 Å². The lowest BCUT2D eigenvalue weighted by molar-refractivity contribution is -0.123. The second-order valence-electron chi connectivity index (χ2n) is 10.7. The number of cyclic esters (lactones) is 2. The summed E-state index contributed by atoms with van der Waals surface area (Å²) >= 11 is 0. The van der Waals surface area contributed by atoms with Crippen molar-refractivity contribution in [3.8, 4) is 11.3 Å². The molecule has 9 heteroatoms. The minimum Gasteiger partial charge on any atom is -0.386 e. The number of esters is 2. The topological polar surface area (TPSA) is 134 Å². The van der Waals surface area contributed by atoms with Gasteiger partial charge in [0.25, 0.3) is 5.91 Å². The van der Waals surface area contributed by atoms with Gasteiger partial charge in [-0.15, -0.1) is 0 Å². The van der Waals surface area contributed by atoms with Gasteiger partial charge in [-0.25, -0.2) is 9.59 Å². The van der Waals surface area contributed by atoms with E-state index in [9.17, 15) is 24.0 Å². The van der Waals surface area contributed by atoms with Crippen LogP contribution in [0.15, 0.2) is 72.8 Å². The Labute approximate surface area is 249 Å². The number of amides is 2. The summed E-state index contributed by atoms with van der Waals surface area (Å²) in [6.07, 6.45) is 3.51. The number of aromatic nitrogens is 1. The van der Waals surface area contributed by atoms with Crippen LogP contribution in [0.4, 0.5) is 0 Å². The molecule has 3 aromatic carbocycles. The molecule has 3 N–H and O–H groups in total. The smallest absolute Gasteiger partial charge is 0.346 e. The number of unbranched alkanes of at least 4 members (excludes halogenated alkanes) is 2. The first-order chi connectivity index (χ1) is 20.8. The number of hydrogen-bond donors (Lipinski definition) is 3. The van der Waals surface area contributed by atoms with Crippen molar-refractivity contribution in [2.45, 2.75) is 51.5 Å². The number of ketones is 1. The molecular formula is C34H33N3O6. The third-order valence-electron chi connectivity index (χ3n) is 7.60. The number of H-pyrrole nitrogens is 1. The molecule has 1 aromatic heterocycles. The number of Topliss-reactive ketones (excluding diaryl/α,β-unsaturated/α-hetero) is 1. The molecule has 4 aromatic rings. The SMILES string of the molecule is CC(=O)CCCCC[C@H](NC(=O)c1ccc2c(c1)C(=O)OC2=O)C(=O)NCCc1c(-c2ccccc2)[nH]c2ccccc12. The van der Waals surface area contributed by atoms with Crippen LogP contribution in [-0.4, -0.2) is 47.1 Å². The first kappa shape index (κ1) is 29.4. The quantitative estimate of drug-likeness (QED) is 0.114. The van der Waals surface area contributed by atoms with Crippen molar-refractivity contribution in [1.29, 1.82) is 0 Å². The van der Waals surface area contributed by atoms with Crippen molar-refractivity contribution in [1.82, 2.24) is 15.6 Å². The molecule has 0 spiro atoms. The fourth-order valence-corrected chi connectivity index (χ4v) is 5.38. The van der Waals surface area contributed by atoms with E-state index in [1.54, 1.807) is 6.92 Å². The monoisotopic (exact) mass is 579 g/mol. The summed E-state index contributed by atoms with van der Waals surface area (Å²) in [6.45, 7) is 1.90. The molecule has 1 aliphatic heterocycles. The minimum absolute atomic E-state index is 0.0239. The fourth-order valence-electron chi connectivity index (χ4n) is 5.38. The van der Waals surface area contributed by atoms with Gasteiger partial charge in [0, 0.05) is 35.1 Å². The van der Waals surface area contributed by atoms with Crippen LogP contribution in [0.25, 0.3) is 22.2 Å². The number of ether oxygens (including phenoxy) is 1. The summed E-state index contributed by atoms with van der Waals surface area (Å²) in [7, 11) is 0. The van der Waals surface area contributed by atoms with Crippen LogP contribution >= 0.6 is 0 Å². The molecule has 0 unspecified atom stereocenters. The molecule has 5 rings (SSSR count). The summed E-state index contributed by atoms with van der Waals surface area (Å²) in [5.74, 6) is -2.30. The van der Waals surface area contributed by atoms with Gasteiger partial charge in [0.15, 0.2) is 0 Å². The minimum atomic E-state index is -0.830. The third-order valence-corrected chi connectivity index (χ3v) is 7.60. The van der Waals surface area contributed by atoms with Gasteiger partial charge >= 0.3 is 11.9 Å². The van der Waals surface area contributed by atoms with E-state index in [-0.39, 0.29) is 28.4 Å². The first-order valence-corrected chi connectivity index (χ1v) is 14.5. The molecule has 0 radical (unpaired) electrons. The standard InChI is InChI=1S/C34H33N3O6/c1-21(38)10-4-2-7-15-29(37-31(39)23-16-17-26-27(20-23)34(42)43-33(26)41)32(40)35-19-18-25-24-13-8-9-14-28(24)36-30(25)22-11-5-3-6-12-22/h3,5-6,8-9,11-14,16-17,20,29,36H,2,4,7,10,15,18-19H2,1H3,(H,35,40)(H,37,39)/t29-/m0/s1. The number of para-hydroxylation sites is 1. The molecule has 1 atom stereocenters. The molecule has 220 valence electrons. The number of hydrogen-bond acceptors (Lipinski definition) is 6. The number of carbonyl (C=O) groups excluding carboxylic acids is 5. The summed E-state index contributed by atoms with van der Waals surface area (Å²) in [4.78, 5) is 65.1. The zero-order valence-corrected chi connectivity index (χ0v) is 23.9. The van der Waals surface area contributed by atoms with Gasteiger partial charge in [-0.2, -0.15) is 0 Å². The molecule has 0 bridgehead atoms. The van der Waals surface area contributed by atoms with Gasteiger partial charge in [-0.05, 0) is 61.6 Å². The highest BCUT2D eigenvalue weighted by Gasteiger charge is 2.31. The maximum atomic E-state index is 13.4. The van der Waals surface area contributed by atoms with Crippen molar-refractivity contribution < 1.29 is 28.7 Å². The number of nitrogens with one attached hydrogen (secondary N) is 3. The summed E-state index contributed by atoms with van der Waals surface area (Å²) in [5.41, 5.74) is 4.43. The molecule has 0 fully saturated rings. The summed E-state index contributed by atoms with van der Waals surface area (Å²) in [5, 5.41) is 6.88. The average molecular weight is 580 g/mol. The zero-order valence-electron chi connectivity index (χ0n) is 23.9. The van der Waals surface area contributed by atoms with Crippen LogP contribution in [0, 0.1) is 0 Å². The second kappa shape index (κ2) is 13.3. The van der Waals surface area contributed by atoms with E-state index >= 15 is 0 Å². The predicted octanol–water partition coefficient (Wildman–Crippen LogP) is 5.14. The number of fused-ring (bicyclic) bond motifs is 2. The number of rotatable bonds is 13. The number of aromatic amines is 1. The van der Waals surface area contributed by atoms with Gasteiger partial charge in [-0.1, -0.05) is 61.4 Å². The Bertz CT molecular complexity index is 1690. The van der Waals surface area contributed by atoms with E-state index in [0.717, 1.165) is 34.1 Å². The summed E-state index contributed by atoms with van der Waals surface area (Å²) in [6, 6.07) is 21.3. The Morgan fingerprint density at radius 1 is 0.860 bits per heavy atom. The molecule has 2 amide bonds. The van der Waals surface area contributed by atoms with Gasteiger partial charge in [0.2, 0.25) is 5.91 Å². The fraction of sp³-hybridized carbons (Fsp3) is 0.265. The van der Waals surface area contributed by atoms with Crippen molar-refractivity contribution in [3.05, 3.63) is 95.1 Å². The van der Waals surface area contributed by atoms with E-state index < -0.39 is 23.9 Å². The van der Waals surface area contributed by atoms with Crippen molar-refractivity contribution in [2.75, 3.05) is 6.54 Å². The van der Waals surface area contributed by atoms with E-state index in [4.69, 9.17) is 0 Å². The van der Waals surface area contributed by atoms with Crippen LogP contribution in [-0.2, 0) is 20.7 Å². The normalized spacial score (nSPS) is 13.0. The molecular weight excluding hydrogens is 546 g/mol. The van der Waals surface area contributed by atoms with Crippen LogP contribution in [0.3, 0.4) is 0 Å². The van der Waals surface area contributed by atoms with Crippen molar-refractivity contribution in [3.63, 3.8) is 0 Å². The molecule has 0 saturated heterocycles. The molecule has 0 saturated carbocycles. The largest absolute Gasteiger partial charge is 0.386 e. The van der Waals surface area contributed by atoms with Gasteiger partial charge in [0.05, 0.1) is 11.1 Å². The highest BCUT2D eigenvalue weighted by atomic mass is 16.6. The van der Waals surface area contributed by atoms with E-state index in [2.05, 4.69) is 26.4 Å². The Kier molecular flexibility index (Phi) is 9.10. The molecule has 2 heterocycles. The Balaban J connectivity index is 1.28. The van der Waals surface area contributed by atoms with Crippen molar-refractivity contribution >= 4 is 40.4 Å². The van der Waals surface area contributed by atoms with E-state index in [0.29, 0.717) is 38.6 Å². The highest BCUT2D eigenvalue weighted by Crippen LogP contribution is 2.30. The lowest BCUT2D eigenvalue weighted by Crippen LogP contribution is -2.47. The molecule has 1 aliphatic rings. The molecule has 9 nitrogen and oxygen atoms in total. The molecule has 0 aliphatic carbocycles. The Morgan fingerprint density at radius 3 is 2.40 bits per heavy atom. The van der Waals surface area contributed by atoms with E-state index in [1.165, 1.54) is 18.2 Å². The average Bonchev–Trinajstić information content (AvgIpc) is 3.52. The third kappa shape index (κ3) is 6.89. The van der Waals surface area contributed by atoms with E-state index in [1.807, 2.05) is 48.5 Å². The lowest BCUT2D eigenvalue weighted by Gasteiger charge is -2.19. The van der Waals surface area contributed by atoms with Crippen molar-refractivity contribution in [2.24, 2.45) is 0 Å². The number of carbonyl (C=O) groups is 5. The van der Waals surface area contributed by atoms with Crippen LogP contribution < -0.4 is 10.6 Å². The Morgan fingerprint density at radius 2 is 1.60 bits per heavy atom. The zero-order chi connectivity index (χ0) is 30.3. The summed E-state index contributed by atoms with van der Waals surface area (Å²) < 4.78 is 4.62. The molecule has 43 heavy (non-hydrogen) atoms. The van der Waals surface area contributed by atoms with Gasteiger partial charge in [0.1, 0.15) is 11.8 Å². The maximum Gasteiger partial charge on any atom is 0.346 e.